The van der Waals surface area contributed by atoms with Gasteiger partial charge >= 0.3 is 0 Å². The van der Waals surface area contributed by atoms with Gasteiger partial charge in [-0.2, -0.15) is 0 Å². The number of para-hydroxylation sites is 3. The maximum Gasteiger partial charge on any atom is 0.169 e. The van der Waals surface area contributed by atoms with Crippen LogP contribution in [0, 0.1) is 0 Å². The summed E-state index contributed by atoms with van der Waals surface area (Å²) in [4.78, 5) is 0. The van der Waals surface area contributed by atoms with Gasteiger partial charge in [0.15, 0.2) is 11.5 Å². The molecule has 0 atom stereocenters. The van der Waals surface area contributed by atoms with Crippen molar-refractivity contribution in [3.05, 3.63) is 78.4 Å². The molecule has 0 spiro atoms. The molecule has 0 saturated heterocycles. The first-order valence-electron chi connectivity index (χ1n) is 8.42. The van der Waals surface area contributed by atoms with Gasteiger partial charge in [0, 0.05) is 5.56 Å². The van der Waals surface area contributed by atoms with Crippen LogP contribution < -0.4 is 4.74 Å². The monoisotopic (exact) mass is 318 g/mol. The molecule has 122 valence electrons. The molecule has 0 aliphatic heterocycles. The Balaban J connectivity index is 2.00. The third-order valence-corrected chi connectivity index (χ3v) is 4.08. The van der Waals surface area contributed by atoms with Crippen LogP contribution in [0.1, 0.15) is 25.3 Å². The first kappa shape index (κ1) is 16.1. The van der Waals surface area contributed by atoms with Crippen molar-refractivity contribution < 1.29 is 9.84 Å². The average molecular weight is 318 g/mol. The first-order chi connectivity index (χ1) is 11.8. The molecule has 24 heavy (non-hydrogen) atoms. The van der Waals surface area contributed by atoms with Gasteiger partial charge in [0.2, 0.25) is 0 Å². The van der Waals surface area contributed by atoms with Crippen molar-refractivity contribution in [1.82, 2.24) is 0 Å². The number of unbranched alkanes of at least 4 members (excludes halogenated alkanes) is 1. The highest BCUT2D eigenvalue weighted by Gasteiger charge is 2.12. The van der Waals surface area contributed by atoms with Gasteiger partial charge in [0.05, 0.1) is 0 Å². The molecule has 3 rings (SSSR count). The van der Waals surface area contributed by atoms with Crippen molar-refractivity contribution >= 4 is 0 Å². The van der Waals surface area contributed by atoms with E-state index in [1.165, 1.54) is 24.0 Å². The lowest BCUT2D eigenvalue weighted by Gasteiger charge is -2.15. The Bertz CT molecular complexity index is 808. The van der Waals surface area contributed by atoms with E-state index in [0.29, 0.717) is 5.75 Å². The van der Waals surface area contributed by atoms with Crippen molar-refractivity contribution in [2.24, 2.45) is 0 Å². The molecule has 0 fully saturated rings. The third-order valence-electron chi connectivity index (χ3n) is 4.08. The molecule has 3 aromatic carbocycles. The zero-order valence-electron chi connectivity index (χ0n) is 13.9. The predicted octanol–water partition coefficient (Wildman–Crippen LogP) is 6.19. The fourth-order valence-electron chi connectivity index (χ4n) is 2.81. The number of hydrogen-bond donors (Lipinski definition) is 1. The van der Waals surface area contributed by atoms with Crippen molar-refractivity contribution in [1.29, 1.82) is 0 Å². The van der Waals surface area contributed by atoms with Crippen molar-refractivity contribution in [3.63, 3.8) is 0 Å². The number of ether oxygens (including phenoxy) is 1. The van der Waals surface area contributed by atoms with Gasteiger partial charge in [-0.15, -0.1) is 0 Å². The van der Waals surface area contributed by atoms with E-state index in [1.54, 1.807) is 18.2 Å². The summed E-state index contributed by atoms with van der Waals surface area (Å²) in [5.74, 6) is 1.37. The molecular weight excluding hydrogens is 296 g/mol. The zero-order valence-corrected chi connectivity index (χ0v) is 13.9. The summed E-state index contributed by atoms with van der Waals surface area (Å²) in [5.41, 5.74) is 3.57. The third kappa shape index (κ3) is 3.60. The molecule has 0 radical (unpaired) electrons. The normalized spacial score (nSPS) is 10.5. The number of hydrogen-bond acceptors (Lipinski definition) is 2. The fraction of sp³-hybridized carbons (Fsp3) is 0.182. The van der Waals surface area contributed by atoms with Crippen molar-refractivity contribution in [3.8, 4) is 28.4 Å². The summed E-state index contributed by atoms with van der Waals surface area (Å²) in [5, 5.41) is 9.98. The minimum atomic E-state index is 0.145. The Labute approximate surface area is 143 Å². The highest BCUT2D eigenvalue weighted by molar-refractivity contribution is 5.74. The molecule has 1 N–H and O–H groups in total. The quantitative estimate of drug-likeness (QED) is 0.587. The SMILES string of the molecule is CCCCc1ccccc1-c1ccccc1Oc1ccccc1O. The number of benzene rings is 3. The fourth-order valence-corrected chi connectivity index (χ4v) is 2.81. The lowest BCUT2D eigenvalue weighted by atomic mass is 9.95. The van der Waals surface area contributed by atoms with Crippen LogP contribution in [0.5, 0.6) is 17.2 Å². The Morgan fingerprint density at radius 1 is 0.750 bits per heavy atom. The van der Waals surface area contributed by atoms with Gasteiger partial charge in [0.1, 0.15) is 5.75 Å². The van der Waals surface area contributed by atoms with Crippen LogP contribution in [-0.4, -0.2) is 5.11 Å². The minimum absolute atomic E-state index is 0.145. The summed E-state index contributed by atoms with van der Waals surface area (Å²) in [6.07, 6.45) is 3.39. The van der Waals surface area contributed by atoms with Gasteiger partial charge in [0.25, 0.3) is 0 Å². The van der Waals surface area contributed by atoms with Crippen LogP contribution in [0.3, 0.4) is 0 Å². The summed E-state index contributed by atoms with van der Waals surface area (Å²) >= 11 is 0. The maximum absolute atomic E-state index is 9.98. The molecule has 0 aliphatic rings. The lowest BCUT2D eigenvalue weighted by Crippen LogP contribution is -1.93. The van der Waals surface area contributed by atoms with E-state index in [0.717, 1.165) is 17.7 Å². The summed E-state index contributed by atoms with van der Waals surface area (Å²) in [6, 6.07) is 23.5. The number of phenols is 1. The smallest absolute Gasteiger partial charge is 0.169 e. The average Bonchev–Trinajstić information content (AvgIpc) is 2.63. The molecule has 0 aliphatic carbocycles. The maximum atomic E-state index is 9.98. The molecule has 3 aromatic rings. The summed E-state index contributed by atoms with van der Waals surface area (Å²) < 4.78 is 6.00. The first-order valence-corrected chi connectivity index (χ1v) is 8.42. The lowest BCUT2D eigenvalue weighted by molar-refractivity contribution is 0.412. The van der Waals surface area contributed by atoms with E-state index in [9.17, 15) is 5.11 Å². The molecule has 0 saturated carbocycles. The molecule has 0 heterocycles. The van der Waals surface area contributed by atoms with Gasteiger partial charge in [-0.25, -0.2) is 0 Å². The molecule has 2 nitrogen and oxygen atoms in total. The van der Waals surface area contributed by atoms with Gasteiger partial charge < -0.3 is 9.84 Å². The molecular formula is C22H22O2. The topological polar surface area (TPSA) is 29.5 Å². The van der Waals surface area contributed by atoms with Gasteiger partial charge in [-0.3, -0.25) is 0 Å². The Hall–Kier alpha value is -2.74. The van der Waals surface area contributed by atoms with Crippen molar-refractivity contribution in [2.75, 3.05) is 0 Å². The zero-order chi connectivity index (χ0) is 16.8. The molecule has 2 heteroatoms. The van der Waals surface area contributed by atoms with E-state index in [-0.39, 0.29) is 5.75 Å². The van der Waals surface area contributed by atoms with E-state index in [4.69, 9.17) is 4.74 Å². The highest BCUT2D eigenvalue weighted by Crippen LogP contribution is 2.37. The van der Waals surface area contributed by atoms with Crippen LogP contribution in [-0.2, 0) is 6.42 Å². The van der Waals surface area contributed by atoms with Crippen molar-refractivity contribution in [2.45, 2.75) is 26.2 Å². The van der Waals surface area contributed by atoms with Crippen LogP contribution in [0.4, 0.5) is 0 Å². The summed E-state index contributed by atoms with van der Waals surface area (Å²) in [6.45, 7) is 2.21. The predicted molar refractivity (Wildman–Crippen MR) is 98.7 cm³/mol. The number of aryl methyl sites for hydroxylation is 1. The Kier molecular flexibility index (Phi) is 5.17. The van der Waals surface area contributed by atoms with Crippen LogP contribution in [0.15, 0.2) is 72.8 Å². The summed E-state index contributed by atoms with van der Waals surface area (Å²) in [7, 11) is 0. The second-order valence-electron chi connectivity index (χ2n) is 5.83. The van der Waals surface area contributed by atoms with Gasteiger partial charge in [-0.05, 0) is 42.2 Å². The Morgan fingerprint density at radius 2 is 1.38 bits per heavy atom. The number of phenolic OH excluding ortho intramolecular Hbond substituents is 1. The number of aromatic hydroxyl groups is 1. The van der Waals surface area contributed by atoms with Crippen LogP contribution in [0.2, 0.25) is 0 Å². The van der Waals surface area contributed by atoms with E-state index < -0.39 is 0 Å². The molecule has 0 amide bonds. The molecule has 0 bridgehead atoms. The van der Waals surface area contributed by atoms with E-state index in [2.05, 4.69) is 37.3 Å². The number of rotatable bonds is 6. The minimum Gasteiger partial charge on any atom is -0.504 e. The van der Waals surface area contributed by atoms with Gasteiger partial charge in [-0.1, -0.05) is 67.9 Å². The van der Waals surface area contributed by atoms with Crippen LogP contribution in [0.25, 0.3) is 11.1 Å². The molecule has 0 unspecified atom stereocenters. The largest absolute Gasteiger partial charge is 0.504 e. The second-order valence-corrected chi connectivity index (χ2v) is 5.83. The second kappa shape index (κ2) is 7.69. The Morgan fingerprint density at radius 3 is 2.12 bits per heavy atom. The van der Waals surface area contributed by atoms with Crippen LogP contribution >= 0.6 is 0 Å². The standard InChI is InChI=1S/C22H22O2/c1-2-3-10-17-11-4-5-12-18(17)19-13-6-8-15-21(19)24-22-16-9-7-14-20(22)23/h4-9,11-16,23H,2-3,10H2,1H3. The van der Waals surface area contributed by atoms with E-state index in [1.807, 2.05) is 24.3 Å². The van der Waals surface area contributed by atoms with E-state index >= 15 is 0 Å². The molecule has 0 aromatic heterocycles. The highest BCUT2D eigenvalue weighted by atomic mass is 16.5.